The van der Waals surface area contributed by atoms with E-state index in [1.165, 1.54) is 56.3 Å². The number of unbranched alkanes of at least 4 members (excludes halogenated alkanes) is 12. The molecular formula is C29H55NO6. The van der Waals surface area contributed by atoms with Crippen LogP contribution in [0.15, 0.2) is 0 Å². The molecule has 0 aromatic rings. The Bertz CT molecular complexity index is 537. The molecule has 0 fully saturated rings. The Hall–Kier alpha value is -1.79. The summed E-state index contributed by atoms with van der Waals surface area (Å²) in [5, 5.41) is 0. The van der Waals surface area contributed by atoms with Crippen molar-refractivity contribution >= 4 is 18.0 Å². The Balaban J connectivity index is 4.23. The van der Waals surface area contributed by atoms with Crippen LogP contribution < -0.4 is 0 Å². The highest BCUT2D eigenvalue weighted by atomic mass is 16.6. The molecule has 0 radical (unpaired) electrons. The Morgan fingerprint density at radius 1 is 0.583 bits per heavy atom. The van der Waals surface area contributed by atoms with Crippen LogP contribution in [0.1, 0.15) is 137 Å². The lowest BCUT2D eigenvalue weighted by Crippen LogP contribution is -2.41. The lowest BCUT2D eigenvalue weighted by atomic mass is 10.1. The van der Waals surface area contributed by atoms with E-state index >= 15 is 0 Å². The second-order valence-corrected chi connectivity index (χ2v) is 10.7. The number of rotatable bonds is 22. The predicted octanol–water partition coefficient (Wildman–Crippen LogP) is 7.59. The standard InChI is InChI=1S/C29H55NO6/c1-6-8-10-12-14-16-18-20-26(31)34-24-22-30(28(33)36-29(3,4)5)23-25-35-27(32)21-19-17-15-13-11-9-7-2/h6-25H2,1-5H3. The molecule has 0 aromatic carbocycles. The van der Waals surface area contributed by atoms with Gasteiger partial charge in [-0.05, 0) is 33.6 Å². The van der Waals surface area contributed by atoms with Crippen molar-refractivity contribution in [2.24, 2.45) is 0 Å². The molecule has 0 aliphatic rings. The van der Waals surface area contributed by atoms with Crippen LogP contribution in [0.4, 0.5) is 4.79 Å². The largest absolute Gasteiger partial charge is 0.464 e. The molecular weight excluding hydrogens is 458 g/mol. The molecule has 0 bridgehead atoms. The number of amides is 1. The summed E-state index contributed by atoms with van der Waals surface area (Å²) < 4.78 is 16.1. The van der Waals surface area contributed by atoms with Gasteiger partial charge in [0.2, 0.25) is 0 Å². The van der Waals surface area contributed by atoms with E-state index in [-0.39, 0.29) is 38.2 Å². The third kappa shape index (κ3) is 22.7. The maximum absolute atomic E-state index is 12.6. The van der Waals surface area contributed by atoms with Gasteiger partial charge in [-0.15, -0.1) is 0 Å². The Kier molecular flexibility index (Phi) is 21.3. The maximum atomic E-state index is 12.6. The fourth-order valence-electron chi connectivity index (χ4n) is 3.76. The molecule has 212 valence electrons. The van der Waals surface area contributed by atoms with E-state index in [1.807, 2.05) is 0 Å². The van der Waals surface area contributed by atoms with Crippen molar-refractivity contribution in [3.8, 4) is 0 Å². The first-order valence-corrected chi connectivity index (χ1v) is 14.5. The highest BCUT2D eigenvalue weighted by Gasteiger charge is 2.22. The van der Waals surface area contributed by atoms with E-state index in [4.69, 9.17) is 14.2 Å². The molecule has 7 heteroatoms. The van der Waals surface area contributed by atoms with Crippen LogP contribution in [-0.2, 0) is 23.8 Å². The number of nitrogens with zero attached hydrogens (tertiary/aromatic N) is 1. The fraction of sp³-hybridized carbons (Fsp3) is 0.897. The summed E-state index contributed by atoms with van der Waals surface area (Å²) in [7, 11) is 0. The molecule has 0 N–H and O–H groups in total. The van der Waals surface area contributed by atoms with Gasteiger partial charge in [-0.25, -0.2) is 4.79 Å². The summed E-state index contributed by atoms with van der Waals surface area (Å²) in [6.07, 6.45) is 16.3. The average Bonchev–Trinajstić information content (AvgIpc) is 2.80. The Labute approximate surface area is 221 Å². The fourth-order valence-corrected chi connectivity index (χ4v) is 3.76. The quantitative estimate of drug-likeness (QED) is 0.0842. The zero-order valence-corrected chi connectivity index (χ0v) is 24.0. The zero-order chi connectivity index (χ0) is 27.1. The molecule has 0 aliphatic carbocycles. The number of carbonyl (C=O) groups excluding carboxylic acids is 3. The van der Waals surface area contributed by atoms with Crippen LogP contribution in [0.2, 0.25) is 0 Å². The van der Waals surface area contributed by atoms with E-state index in [9.17, 15) is 14.4 Å². The minimum atomic E-state index is -0.642. The first-order chi connectivity index (χ1) is 17.2. The molecule has 0 spiro atoms. The minimum absolute atomic E-state index is 0.0978. The second kappa shape index (κ2) is 22.4. The summed E-state index contributed by atoms with van der Waals surface area (Å²) in [6, 6.07) is 0. The molecule has 36 heavy (non-hydrogen) atoms. The van der Waals surface area contributed by atoms with Gasteiger partial charge in [-0.2, -0.15) is 0 Å². The van der Waals surface area contributed by atoms with Crippen molar-refractivity contribution < 1.29 is 28.6 Å². The van der Waals surface area contributed by atoms with Crippen molar-refractivity contribution in [2.75, 3.05) is 26.3 Å². The molecule has 7 nitrogen and oxygen atoms in total. The molecule has 0 heterocycles. The molecule has 1 amide bonds. The smallest absolute Gasteiger partial charge is 0.410 e. The van der Waals surface area contributed by atoms with Crippen molar-refractivity contribution in [1.29, 1.82) is 0 Å². The predicted molar refractivity (Wildman–Crippen MR) is 145 cm³/mol. The third-order valence-electron chi connectivity index (χ3n) is 5.87. The van der Waals surface area contributed by atoms with Crippen LogP contribution in [0.5, 0.6) is 0 Å². The van der Waals surface area contributed by atoms with E-state index in [0.717, 1.165) is 38.5 Å². The van der Waals surface area contributed by atoms with Gasteiger partial charge in [0, 0.05) is 12.8 Å². The van der Waals surface area contributed by atoms with Crippen LogP contribution in [-0.4, -0.2) is 54.8 Å². The van der Waals surface area contributed by atoms with Gasteiger partial charge in [0.05, 0.1) is 13.1 Å². The van der Waals surface area contributed by atoms with Crippen molar-refractivity contribution in [1.82, 2.24) is 4.90 Å². The number of ether oxygens (including phenoxy) is 3. The molecule has 0 rings (SSSR count). The molecule has 0 atom stereocenters. The lowest BCUT2D eigenvalue weighted by molar-refractivity contribution is -0.144. The van der Waals surface area contributed by atoms with Gasteiger partial charge in [0.1, 0.15) is 18.8 Å². The van der Waals surface area contributed by atoms with Gasteiger partial charge >= 0.3 is 18.0 Å². The van der Waals surface area contributed by atoms with Gasteiger partial charge in [-0.1, -0.05) is 90.9 Å². The first-order valence-electron chi connectivity index (χ1n) is 14.5. The highest BCUT2D eigenvalue weighted by molar-refractivity contribution is 5.70. The van der Waals surface area contributed by atoms with Crippen LogP contribution >= 0.6 is 0 Å². The number of esters is 2. The minimum Gasteiger partial charge on any atom is -0.464 e. The molecule has 0 aromatic heterocycles. The Morgan fingerprint density at radius 2 is 0.944 bits per heavy atom. The summed E-state index contributed by atoms with van der Waals surface area (Å²) in [6.45, 7) is 10.4. The van der Waals surface area contributed by atoms with Gasteiger partial charge in [0.15, 0.2) is 0 Å². The molecule has 0 aliphatic heterocycles. The SMILES string of the molecule is CCCCCCCCCC(=O)OCCN(CCOC(=O)CCCCCCCCC)C(=O)OC(C)(C)C. The topological polar surface area (TPSA) is 82.1 Å². The van der Waals surface area contributed by atoms with E-state index < -0.39 is 11.7 Å². The normalized spacial score (nSPS) is 11.2. The summed E-state index contributed by atoms with van der Waals surface area (Å²) in [4.78, 5) is 38.1. The average molecular weight is 514 g/mol. The zero-order valence-electron chi connectivity index (χ0n) is 24.0. The number of hydrogen-bond acceptors (Lipinski definition) is 6. The van der Waals surface area contributed by atoms with E-state index in [0.29, 0.717) is 12.8 Å². The second-order valence-electron chi connectivity index (χ2n) is 10.7. The van der Waals surface area contributed by atoms with Crippen LogP contribution in [0.25, 0.3) is 0 Å². The summed E-state index contributed by atoms with van der Waals surface area (Å²) >= 11 is 0. The van der Waals surface area contributed by atoms with Crippen molar-refractivity contribution in [3.05, 3.63) is 0 Å². The number of carbonyl (C=O) groups is 3. The number of hydrogen-bond donors (Lipinski definition) is 0. The Morgan fingerprint density at radius 3 is 1.31 bits per heavy atom. The molecule has 0 saturated heterocycles. The van der Waals surface area contributed by atoms with E-state index in [1.54, 1.807) is 20.8 Å². The van der Waals surface area contributed by atoms with Crippen LogP contribution in [0.3, 0.4) is 0 Å². The third-order valence-corrected chi connectivity index (χ3v) is 5.87. The summed E-state index contributed by atoms with van der Waals surface area (Å²) in [5.74, 6) is -0.484. The maximum Gasteiger partial charge on any atom is 0.410 e. The highest BCUT2D eigenvalue weighted by Crippen LogP contribution is 2.12. The van der Waals surface area contributed by atoms with Crippen LogP contribution in [0, 0.1) is 0 Å². The van der Waals surface area contributed by atoms with Gasteiger partial charge in [-0.3, -0.25) is 9.59 Å². The van der Waals surface area contributed by atoms with E-state index in [2.05, 4.69) is 13.8 Å². The first kappa shape index (κ1) is 34.2. The van der Waals surface area contributed by atoms with Gasteiger partial charge in [0.25, 0.3) is 0 Å². The lowest BCUT2D eigenvalue weighted by Gasteiger charge is -2.27. The summed E-state index contributed by atoms with van der Waals surface area (Å²) in [5.41, 5.74) is -0.642. The van der Waals surface area contributed by atoms with Crippen molar-refractivity contribution in [2.45, 2.75) is 143 Å². The molecule has 0 saturated carbocycles. The van der Waals surface area contributed by atoms with Crippen molar-refractivity contribution in [3.63, 3.8) is 0 Å². The molecule has 0 unspecified atom stereocenters. The monoisotopic (exact) mass is 513 g/mol. The van der Waals surface area contributed by atoms with Gasteiger partial charge < -0.3 is 19.1 Å².